The molecule has 0 aliphatic heterocycles. The minimum atomic E-state index is -0.149. The molecule has 21 heavy (non-hydrogen) atoms. The van der Waals surface area contributed by atoms with Crippen LogP contribution in [0.2, 0.25) is 0 Å². The van der Waals surface area contributed by atoms with Crippen molar-refractivity contribution in [1.82, 2.24) is 0 Å². The molecule has 3 heteroatoms. The Labute approximate surface area is 126 Å². The number of hydrogen-bond donors (Lipinski definition) is 2. The van der Waals surface area contributed by atoms with Crippen LogP contribution in [0.3, 0.4) is 0 Å². The van der Waals surface area contributed by atoms with E-state index in [1.54, 1.807) is 6.07 Å². The van der Waals surface area contributed by atoms with Crippen LogP contribution in [0.15, 0.2) is 36.4 Å². The van der Waals surface area contributed by atoms with Gasteiger partial charge in [-0.05, 0) is 41.7 Å². The second-order valence-corrected chi connectivity index (χ2v) is 6.17. The summed E-state index contributed by atoms with van der Waals surface area (Å²) in [5.74, 6) is 1.06. The van der Waals surface area contributed by atoms with Gasteiger partial charge < -0.3 is 15.6 Å². The zero-order valence-electron chi connectivity index (χ0n) is 13.1. The molecule has 0 heterocycles. The zero-order valence-corrected chi connectivity index (χ0v) is 13.1. The van der Waals surface area contributed by atoms with E-state index in [-0.39, 0.29) is 11.2 Å². The standard InChI is InChI=1S/C18H23NO2/c1-5-21-13-8-6-7-12(9-13)14-10-15(18(2,3)4)17(20)11-16(14)19/h6-11,20H,5,19H2,1-4H3. The molecule has 3 N–H and O–H groups in total. The number of phenols is 1. The number of anilines is 1. The third-order valence-corrected chi connectivity index (χ3v) is 3.43. The molecule has 3 nitrogen and oxygen atoms in total. The highest BCUT2D eigenvalue weighted by Crippen LogP contribution is 2.38. The van der Waals surface area contributed by atoms with E-state index < -0.39 is 0 Å². The Kier molecular flexibility index (Phi) is 4.12. The van der Waals surface area contributed by atoms with Gasteiger partial charge in [-0.3, -0.25) is 0 Å². The van der Waals surface area contributed by atoms with Gasteiger partial charge in [0.05, 0.1) is 6.61 Å². The highest BCUT2D eigenvalue weighted by molar-refractivity contribution is 5.79. The summed E-state index contributed by atoms with van der Waals surface area (Å²) >= 11 is 0. The summed E-state index contributed by atoms with van der Waals surface area (Å²) in [6.45, 7) is 8.79. The monoisotopic (exact) mass is 285 g/mol. The molecule has 2 aromatic rings. The maximum Gasteiger partial charge on any atom is 0.121 e. The maximum absolute atomic E-state index is 10.1. The number of hydrogen-bond acceptors (Lipinski definition) is 3. The van der Waals surface area contributed by atoms with Gasteiger partial charge in [0.1, 0.15) is 11.5 Å². The Morgan fingerprint density at radius 1 is 1.14 bits per heavy atom. The van der Waals surface area contributed by atoms with E-state index in [0.717, 1.165) is 22.4 Å². The molecule has 0 radical (unpaired) electrons. The molecule has 0 fully saturated rings. The number of aromatic hydroxyl groups is 1. The number of phenolic OH excluding ortho intramolecular Hbond substituents is 1. The average Bonchev–Trinajstić information content (AvgIpc) is 2.38. The first kappa shape index (κ1) is 15.2. The number of rotatable bonds is 3. The predicted molar refractivity (Wildman–Crippen MR) is 87.8 cm³/mol. The molecule has 0 amide bonds. The van der Waals surface area contributed by atoms with Crippen LogP contribution in [0.4, 0.5) is 5.69 Å². The van der Waals surface area contributed by atoms with Crippen molar-refractivity contribution < 1.29 is 9.84 Å². The molecule has 0 atom stereocenters. The Balaban J connectivity index is 2.56. The van der Waals surface area contributed by atoms with Crippen molar-refractivity contribution in [2.75, 3.05) is 12.3 Å². The fourth-order valence-corrected chi connectivity index (χ4v) is 2.38. The van der Waals surface area contributed by atoms with Crippen molar-refractivity contribution in [3.63, 3.8) is 0 Å². The second kappa shape index (κ2) is 5.68. The fourth-order valence-electron chi connectivity index (χ4n) is 2.38. The van der Waals surface area contributed by atoms with Gasteiger partial charge in [0.15, 0.2) is 0 Å². The van der Waals surface area contributed by atoms with Crippen LogP contribution in [0.5, 0.6) is 11.5 Å². The number of benzene rings is 2. The molecule has 2 aromatic carbocycles. The lowest BCUT2D eigenvalue weighted by atomic mass is 9.84. The van der Waals surface area contributed by atoms with E-state index >= 15 is 0 Å². The van der Waals surface area contributed by atoms with Gasteiger partial charge in [-0.15, -0.1) is 0 Å². The van der Waals surface area contributed by atoms with E-state index in [1.165, 1.54) is 0 Å². The molecule has 0 aromatic heterocycles. The summed E-state index contributed by atoms with van der Waals surface area (Å²) in [6.07, 6.45) is 0. The third-order valence-electron chi connectivity index (χ3n) is 3.43. The molecule has 112 valence electrons. The van der Waals surface area contributed by atoms with Gasteiger partial charge in [-0.2, -0.15) is 0 Å². The lowest BCUT2D eigenvalue weighted by molar-refractivity contribution is 0.340. The van der Waals surface area contributed by atoms with Gasteiger partial charge in [0.25, 0.3) is 0 Å². The summed E-state index contributed by atoms with van der Waals surface area (Å²) in [7, 11) is 0. The van der Waals surface area contributed by atoms with Gasteiger partial charge in [-0.25, -0.2) is 0 Å². The summed E-state index contributed by atoms with van der Waals surface area (Å²) in [4.78, 5) is 0. The van der Waals surface area contributed by atoms with Crippen molar-refractivity contribution in [3.8, 4) is 22.6 Å². The maximum atomic E-state index is 10.1. The Morgan fingerprint density at radius 3 is 2.48 bits per heavy atom. The van der Waals surface area contributed by atoms with Crippen LogP contribution in [0, 0.1) is 0 Å². The Hall–Kier alpha value is -2.16. The second-order valence-electron chi connectivity index (χ2n) is 6.17. The predicted octanol–water partition coefficient (Wildman–Crippen LogP) is 4.34. The normalized spacial score (nSPS) is 11.4. The molecular weight excluding hydrogens is 262 g/mol. The molecule has 0 aliphatic rings. The number of ether oxygens (including phenoxy) is 1. The molecule has 0 bridgehead atoms. The fraction of sp³-hybridized carbons (Fsp3) is 0.333. The van der Waals surface area contributed by atoms with Crippen molar-refractivity contribution in [2.45, 2.75) is 33.1 Å². The van der Waals surface area contributed by atoms with Crippen molar-refractivity contribution in [1.29, 1.82) is 0 Å². The summed E-state index contributed by atoms with van der Waals surface area (Å²) in [6, 6.07) is 11.4. The van der Waals surface area contributed by atoms with Gasteiger partial charge >= 0.3 is 0 Å². The van der Waals surface area contributed by atoms with Crippen LogP contribution in [-0.4, -0.2) is 11.7 Å². The van der Waals surface area contributed by atoms with E-state index in [2.05, 4.69) is 20.8 Å². The van der Waals surface area contributed by atoms with Crippen LogP contribution in [0.1, 0.15) is 33.3 Å². The highest BCUT2D eigenvalue weighted by Gasteiger charge is 2.20. The van der Waals surface area contributed by atoms with Gasteiger partial charge in [0, 0.05) is 17.3 Å². The highest BCUT2D eigenvalue weighted by atomic mass is 16.5. The third kappa shape index (κ3) is 3.30. The summed E-state index contributed by atoms with van der Waals surface area (Å²) < 4.78 is 5.54. The van der Waals surface area contributed by atoms with Gasteiger partial charge in [-0.1, -0.05) is 32.9 Å². The SMILES string of the molecule is CCOc1cccc(-c2cc(C(C)(C)C)c(O)cc2N)c1. The largest absolute Gasteiger partial charge is 0.508 e. The summed E-state index contributed by atoms with van der Waals surface area (Å²) in [5.41, 5.74) is 9.29. The average molecular weight is 285 g/mol. The lowest BCUT2D eigenvalue weighted by Gasteiger charge is -2.22. The molecule has 0 saturated carbocycles. The van der Waals surface area contributed by atoms with Crippen LogP contribution in [0.25, 0.3) is 11.1 Å². The molecular formula is C18H23NO2. The smallest absolute Gasteiger partial charge is 0.121 e. The molecule has 2 rings (SSSR count). The first-order valence-electron chi connectivity index (χ1n) is 7.19. The quantitative estimate of drug-likeness (QED) is 0.825. The van der Waals surface area contributed by atoms with Crippen LogP contribution >= 0.6 is 0 Å². The van der Waals surface area contributed by atoms with Crippen molar-refractivity contribution in [2.24, 2.45) is 0 Å². The van der Waals surface area contributed by atoms with E-state index in [1.807, 2.05) is 37.3 Å². The first-order chi connectivity index (χ1) is 9.82. The summed E-state index contributed by atoms with van der Waals surface area (Å²) in [5, 5.41) is 10.1. The van der Waals surface area contributed by atoms with Crippen molar-refractivity contribution >= 4 is 5.69 Å². The van der Waals surface area contributed by atoms with Crippen LogP contribution < -0.4 is 10.5 Å². The van der Waals surface area contributed by atoms with Crippen molar-refractivity contribution in [3.05, 3.63) is 42.0 Å². The minimum Gasteiger partial charge on any atom is -0.508 e. The molecule has 0 spiro atoms. The molecule has 0 saturated heterocycles. The van der Waals surface area contributed by atoms with Gasteiger partial charge in [0.2, 0.25) is 0 Å². The molecule has 0 aliphatic carbocycles. The topological polar surface area (TPSA) is 55.5 Å². The lowest BCUT2D eigenvalue weighted by Crippen LogP contribution is -2.12. The number of nitrogens with two attached hydrogens (primary N) is 1. The van der Waals surface area contributed by atoms with E-state index in [9.17, 15) is 5.11 Å². The molecule has 0 unspecified atom stereocenters. The first-order valence-corrected chi connectivity index (χ1v) is 7.19. The van der Waals surface area contributed by atoms with E-state index in [4.69, 9.17) is 10.5 Å². The zero-order chi connectivity index (χ0) is 15.6. The number of nitrogen functional groups attached to an aromatic ring is 1. The minimum absolute atomic E-state index is 0.149. The van der Waals surface area contributed by atoms with Crippen LogP contribution in [-0.2, 0) is 5.41 Å². The Morgan fingerprint density at radius 2 is 1.86 bits per heavy atom. The Bertz CT molecular complexity index is 642. The van der Waals surface area contributed by atoms with E-state index in [0.29, 0.717) is 12.3 Å².